The summed E-state index contributed by atoms with van der Waals surface area (Å²) in [5.41, 5.74) is 6.39. The Kier molecular flexibility index (Phi) is 4.61. The predicted octanol–water partition coefficient (Wildman–Crippen LogP) is 1.96. The van der Waals surface area contributed by atoms with Crippen molar-refractivity contribution in [1.29, 1.82) is 0 Å². The highest BCUT2D eigenvalue weighted by Crippen LogP contribution is 2.16. The van der Waals surface area contributed by atoms with Crippen molar-refractivity contribution in [2.24, 2.45) is 11.7 Å². The molecule has 1 unspecified atom stereocenters. The molecule has 16 heavy (non-hydrogen) atoms. The molecule has 0 aliphatic carbocycles. The number of nitrogens with two attached hydrogens (primary N) is 1. The zero-order valence-electron chi connectivity index (χ0n) is 9.90. The lowest BCUT2D eigenvalue weighted by molar-refractivity contribution is 0.509. The fourth-order valence-electron chi connectivity index (χ4n) is 1.55. The van der Waals surface area contributed by atoms with Gasteiger partial charge in [0.25, 0.3) is 0 Å². The molecule has 0 aromatic carbocycles. The summed E-state index contributed by atoms with van der Waals surface area (Å²) in [6, 6.07) is 2.13. The van der Waals surface area contributed by atoms with Gasteiger partial charge in [-0.3, -0.25) is 0 Å². The molecule has 0 saturated carbocycles. The summed E-state index contributed by atoms with van der Waals surface area (Å²) in [6.45, 7) is 6.46. The number of aromatic nitrogens is 2. The highest BCUT2D eigenvalue weighted by molar-refractivity contribution is 7.80. The smallest absolute Gasteiger partial charge is 0.159 e. The lowest BCUT2D eigenvalue weighted by Gasteiger charge is -2.22. The minimum atomic E-state index is 0.344. The molecule has 1 aromatic heterocycles. The maximum atomic E-state index is 5.63. The van der Waals surface area contributed by atoms with Crippen molar-refractivity contribution in [3.8, 4) is 0 Å². The molecule has 0 saturated heterocycles. The molecular weight excluding hydrogens is 220 g/mol. The van der Waals surface area contributed by atoms with E-state index in [0.29, 0.717) is 22.8 Å². The van der Waals surface area contributed by atoms with E-state index in [1.165, 1.54) is 0 Å². The van der Waals surface area contributed by atoms with Gasteiger partial charge in [-0.05, 0) is 18.4 Å². The summed E-state index contributed by atoms with van der Waals surface area (Å²) < 4.78 is 0. The number of nitrogens with zero attached hydrogens (tertiary/aromatic N) is 2. The predicted molar refractivity (Wildman–Crippen MR) is 70.5 cm³/mol. The third-order valence-corrected chi connectivity index (χ3v) is 2.77. The Morgan fingerprint density at radius 3 is 2.75 bits per heavy atom. The fourth-order valence-corrected chi connectivity index (χ4v) is 1.72. The molecule has 0 aliphatic heterocycles. The van der Waals surface area contributed by atoms with Crippen LogP contribution in [0.2, 0.25) is 0 Å². The van der Waals surface area contributed by atoms with Crippen molar-refractivity contribution in [3.63, 3.8) is 0 Å². The van der Waals surface area contributed by atoms with Crippen LogP contribution in [0.4, 0.5) is 5.82 Å². The van der Waals surface area contributed by atoms with Crippen LogP contribution in [-0.2, 0) is 0 Å². The van der Waals surface area contributed by atoms with Crippen molar-refractivity contribution in [2.45, 2.75) is 33.2 Å². The summed E-state index contributed by atoms with van der Waals surface area (Å²) in [4.78, 5) is 0.344. The van der Waals surface area contributed by atoms with E-state index in [9.17, 15) is 0 Å². The molecule has 4 nitrogen and oxygen atoms in total. The second-order valence-electron chi connectivity index (χ2n) is 4.06. The van der Waals surface area contributed by atoms with Gasteiger partial charge >= 0.3 is 0 Å². The van der Waals surface area contributed by atoms with E-state index in [1.54, 1.807) is 12.3 Å². The van der Waals surface area contributed by atoms with E-state index in [1.807, 2.05) is 0 Å². The van der Waals surface area contributed by atoms with Crippen molar-refractivity contribution < 1.29 is 0 Å². The second kappa shape index (κ2) is 5.75. The Bertz CT molecular complexity index is 365. The maximum absolute atomic E-state index is 5.63. The quantitative estimate of drug-likeness (QED) is 0.768. The van der Waals surface area contributed by atoms with Gasteiger partial charge in [-0.1, -0.05) is 33.0 Å². The molecule has 0 amide bonds. The molecule has 0 fully saturated rings. The monoisotopic (exact) mass is 238 g/mol. The Labute approximate surface area is 102 Å². The van der Waals surface area contributed by atoms with Gasteiger partial charge in [0.05, 0.1) is 11.8 Å². The summed E-state index contributed by atoms with van der Waals surface area (Å²) >= 11 is 4.97. The first-order valence-electron chi connectivity index (χ1n) is 5.44. The van der Waals surface area contributed by atoms with Gasteiger partial charge in [-0.25, -0.2) is 0 Å². The van der Waals surface area contributed by atoms with Gasteiger partial charge in [0.2, 0.25) is 0 Å². The summed E-state index contributed by atoms with van der Waals surface area (Å²) in [5, 5.41) is 11.2. The molecular formula is C11H18N4S. The van der Waals surface area contributed by atoms with E-state index in [2.05, 4.69) is 36.3 Å². The average Bonchev–Trinajstić information content (AvgIpc) is 2.25. The topological polar surface area (TPSA) is 63.8 Å². The van der Waals surface area contributed by atoms with Crippen LogP contribution in [0.1, 0.15) is 32.8 Å². The van der Waals surface area contributed by atoms with E-state index in [-0.39, 0.29) is 0 Å². The molecule has 1 aromatic rings. The van der Waals surface area contributed by atoms with Crippen LogP contribution in [0.15, 0.2) is 12.3 Å². The summed E-state index contributed by atoms with van der Waals surface area (Å²) in [6.07, 6.45) is 2.61. The highest BCUT2D eigenvalue weighted by atomic mass is 32.1. The van der Waals surface area contributed by atoms with Gasteiger partial charge in [0.15, 0.2) is 5.82 Å². The van der Waals surface area contributed by atoms with Gasteiger partial charge in [0.1, 0.15) is 4.99 Å². The summed E-state index contributed by atoms with van der Waals surface area (Å²) in [5.74, 6) is 1.20. The SMILES string of the molecule is CCC(Nc1nnccc1C(N)=S)C(C)C. The van der Waals surface area contributed by atoms with Crippen LogP contribution in [0, 0.1) is 5.92 Å². The molecule has 1 atom stereocenters. The minimum absolute atomic E-state index is 0.344. The Hall–Kier alpha value is -1.23. The van der Waals surface area contributed by atoms with E-state index in [0.717, 1.165) is 12.0 Å². The van der Waals surface area contributed by atoms with Gasteiger partial charge in [-0.15, -0.1) is 5.10 Å². The first-order valence-corrected chi connectivity index (χ1v) is 5.85. The molecule has 5 heteroatoms. The number of hydrogen-bond acceptors (Lipinski definition) is 4. The van der Waals surface area contributed by atoms with E-state index < -0.39 is 0 Å². The van der Waals surface area contributed by atoms with Crippen LogP contribution >= 0.6 is 12.2 Å². The molecule has 0 spiro atoms. The van der Waals surface area contributed by atoms with Crippen molar-refractivity contribution in [1.82, 2.24) is 10.2 Å². The molecule has 3 N–H and O–H groups in total. The van der Waals surface area contributed by atoms with Crippen molar-refractivity contribution >= 4 is 23.0 Å². The van der Waals surface area contributed by atoms with Gasteiger partial charge in [-0.2, -0.15) is 5.10 Å². The highest BCUT2D eigenvalue weighted by Gasteiger charge is 2.14. The number of thiocarbonyl (C=S) groups is 1. The standard InChI is InChI=1S/C11H18N4S/c1-4-9(7(2)3)14-11-8(10(12)16)5-6-13-15-11/h5-7,9H,4H2,1-3H3,(H2,12,16)(H,14,15). The second-order valence-corrected chi connectivity index (χ2v) is 4.50. The van der Waals surface area contributed by atoms with Crippen molar-refractivity contribution in [3.05, 3.63) is 17.8 Å². The molecule has 0 bridgehead atoms. The number of rotatable bonds is 5. The molecule has 88 valence electrons. The average molecular weight is 238 g/mol. The van der Waals surface area contributed by atoms with Crippen LogP contribution < -0.4 is 11.1 Å². The molecule has 1 rings (SSSR count). The van der Waals surface area contributed by atoms with E-state index >= 15 is 0 Å². The number of nitrogens with one attached hydrogen (secondary N) is 1. The fraction of sp³-hybridized carbons (Fsp3) is 0.545. The van der Waals surface area contributed by atoms with E-state index in [4.69, 9.17) is 18.0 Å². The van der Waals surface area contributed by atoms with Gasteiger partial charge < -0.3 is 11.1 Å². The molecule has 0 radical (unpaired) electrons. The third-order valence-electron chi connectivity index (χ3n) is 2.55. The van der Waals surface area contributed by atoms with Gasteiger partial charge in [0, 0.05) is 6.04 Å². The lowest BCUT2D eigenvalue weighted by Crippen LogP contribution is -2.27. The zero-order valence-corrected chi connectivity index (χ0v) is 10.7. The third kappa shape index (κ3) is 3.13. The number of hydrogen-bond donors (Lipinski definition) is 2. The number of anilines is 1. The van der Waals surface area contributed by atoms with Crippen LogP contribution in [-0.4, -0.2) is 21.2 Å². The van der Waals surface area contributed by atoms with Crippen LogP contribution in [0.3, 0.4) is 0 Å². The summed E-state index contributed by atoms with van der Waals surface area (Å²) in [7, 11) is 0. The van der Waals surface area contributed by atoms with Crippen molar-refractivity contribution in [2.75, 3.05) is 5.32 Å². The maximum Gasteiger partial charge on any atom is 0.159 e. The Morgan fingerprint density at radius 2 is 2.25 bits per heavy atom. The van der Waals surface area contributed by atoms with Crippen LogP contribution in [0.25, 0.3) is 0 Å². The lowest BCUT2D eigenvalue weighted by atomic mass is 10.0. The minimum Gasteiger partial charge on any atom is -0.389 e. The molecule has 0 aliphatic rings. The Balaban J connectivity index is 2.91. The largest absolute Gasteiger partial charge is 0.389 e. The van der Waals surface area contributed by atoms with Crippen LogP contribution in [0.5, 0.6) is 0 Å². The molecule has 1 heterocycles. The first kappa shape index (κ1) is 12.8. The normalized spacial score (nSPS) is 12.5. The zero-order chi connectivity index (χ0) is 12.1. The Morgan fingerprint density at radius 1 is 1.56 bits per heavy atom. The first-order chi connectivity index (χ1) is 7.56.